The fraction of sp³-hybridized carbons (Fsp3) is 0. The Kier molecular flexibility index (Phi) is 4.25. The Morgan fingerprint density at radius 3 is 2.12 bits per heavy atom. The van der Waals surface area contributed by atoms with Gasteiger partial charge in [0, 0.05) is 23.2 Å². The number of rotatable bonds is 4. The van der Waals surface area contributed by atoms with Crippen molar-refractivity contribution in [2.45, 2.75) is 0 Å². The predicted molar refractivity (Wildman–Crippen MR) is 107 cm³/mol. The second kappa shape index (κ2) is 7.02. The van der Waals surface area contributed by atoms with E-state index in [9.17, 15) is 0 Å². The van der Waals surface area contributed by atoms with Gasteiger partial charge in [-0.2, -0.15) is 0 Å². The molecule has 0 spiro atoms. The summed E-state index contributed by atoms with van der Waals surface area (Å²) in [7, 11) is 0. The maximum absolute atomic E-state index is 4.66. The molecule has 0 saturated heterocycles. The van der Waals surface area contributed by atoms with E-state index in [0.29, 0.717) is 0 Å². The van der Waals surface area contributed by atoms with E-state index in [1.54, 1.807) is 0 Å². The van der Waals surface area contributed by atoms with Gasteiger partial charge in [0.1, 0.15) is 0 Å². The number of anilines is 2. The quantitative estimate of drug-likeness (QED) is 0.436. The van der Waals surface area contributed by atoms with Crippen molar-refractivity contribution in [2.24, 2.45) is 4.99 Å². The fourth-order valence-electron chi connectivity index (χ4n) is 2.87. The molecule has 0 fully saturated rings. The van der Waals surface area contributed by atoms with Gasteiger partial charge in [0.15, 0.2) is 0 Å². The van der Waals surface area contributed by atoms with Gasteiger partial charge in [0.05, 0.1) is 5.69 Å². The molecule has 0 saturated carbocycles. The molecule has 4 rings (SSSR count). The largest absolute Gasteiger partial charge is 0.355 e. The zero-order chi connectivity index (χ0) is 16.9. The first kappa shape index (κ1) is 15.2. The Morgan fingerprint density at radius 1 is 0.640 bits per heavy atom. The van der Waals surface area contributed by atoms with Crippen molar-refractivity contribution in [1.29, 1.82) is 0 Å². The minimum atomic E-state index is 0.945. The number of fused-ring (bicyclic) bond motifs is 1. The van der Waals surface area contributed by atoms with Gasteiger partial charge in [-0.25, -0.2) is 0 Å². The van der Waals surface area contributed by atoms with Crippen molar-refractivity contribution >= 4 is 34.0 Å². The lowest BCUT2D eigenvalue weighted by molar-refractivity contribution is 1.52. The third kappa shape index (κ3) is 3.43. The highest BCUT2D eigenvalue weighted by Gasteiger charge is 2.06. The van der Waals surface area contributed by atoms with E-state index in [4.69, 9.17) is 0 Å². The lowest BCUT2D eigenvalue weighted by atomic mass is 10.0. The van der Waals surface area contributed by atoms with Gasteiger partial charge in [-0.1, -0.05) is 66.7 Å². The van der Waals surface area contributed by atoms with Gasteiger partial charge in [-0.3, -0.25) is 4.99 Å². The summed E-state index contributed by atoms with van der Waals surface area (Å²) < 4.78 is 0. The van der Waals surface area contributed by atoms with Crippen LogP contribution < -0.4 is 5.32 Å². The summed E-state index contributed by atoms with van der Waals surface area (Å²) in [6, 6.07) is 32.8. The number of hydrogen-bond acceptors (Lipinski definition) is 2. The molecule has 0 radical (unpaired) electrons. The van der Waals surface area contributed by atoms with Crippen LogP contribution in [-0.2, 0) is 0 Å². The maximum atomic E-state index is 4.66. The third-order valence-corrected chi connectivity index (χ3v) is 4.12. The lowest BCUT2D eigenvalue weighted by Gasteiger charge is -2.12. The Hall–Kier alpha value is -3.39. The summed E-state index contributed by atoms with van der Waals surface area (Å²) in [5.41, 5.74) is 4.14. The molecular formula is C23H18N2. The summed E-state index contributed by atoms with van der Waals surface area (Å²) >= 11 is 0. The summed E-state index contributed by atoms with van der Waals surface area (Å²) in [5, 5.41) is 5.90. The normalized spacial score (nSPS) is 11.0. The molecule has 0 aromatic heterocycles. The molecule has 0 atom stereocenters. The summed E-state index contributed by atoms with van der Waals surface area (Å²) in [4.78, 5) is 4.66. The van der Waals surface area contributed by atoms with E-state index >= 15 is 0 Å². The highest BCUT2D eigenvalue weighted by molar-refractivity contribution is 6.06. The van der Waals surface area contributed by atoms with Crippen molar-refractivity contribution in [3.63, 3.8) is 0 Å². The van der Waals surface area contributed by atoms with Crippen LogP contribution in [-0.4, -0.2) is 6.21 Å². The standard InChI is InChI=1S/C23H18N2/c1-3-10-19(11-4-1)24-17-22-21-14-8-7-9-18(21)15-16-23(22)25-20-12-5-2-6-13-20/h1-17,25H/b24-17+. The molecule has 0 heterocycles. The number of aliphatic imine (C=N–C) groups is 1. The van der Waals surface area contributed by atoms with Gasteiger partial charge >= 0.3 is 0 Å². The topological polar surface area (TPSA) is 24.4 Å². The van der Waals surface area contributed by atoms with Crippen LogP contribution in [0.4, 0.5) is 17.1 Å². The molecule has 4 aromatic carbocycles. The molecule has 0 amide bonds. The molecule has 0 unspecified atom stereocenters. The number of benzene rings is 4. The van der Waals surface area contributed by atoms with E-state index in [-0.39, 0.29) is 0 Å². The summed E-state index contributed by atoms with van der Waals surface area (Å²) in [5.74, 6) is 0. The molecule has 120 valence electrons. The van der Waals surface area contributed by atoms with Crippen LogP contribution in [0.15, 0.2) is 102 Å². The van der Waals surface area contributed by atoms with Crippen molar-refractivity contribution in [1.82, 2.24) is 0 Å². The van der Waals surface area contributed by atoms with Crippen molar-refractivity contribution in [3.05, 3.63) is 103 Å². The van der Waals surface area contributed by atoms with Crippen LogP contribution in [0, 0.1) is 0 Å². The van der Waals surface area contributed by atoms with Gasteiger partial charge < -0.3 is 5.32 Å². The summed E-state index contributed by atoms with van der Waals surface area (Å²) in [6.07, 6.45) is 1.95. The Morgan fingerprint density at radius 2 is 1.32 bits per heavy atom. The van der Waals surface area contributed by atoms with Crippen molar-refractivity contribution in [2.75, 3.05) is 5.32 Å². The molecule has 2 heteroatoms. The van der Waals surface area contributed by atoms with Crippen LogP contribution in [0.3, 0.4) is 0 Å². The number of nitrogens with one attached hydrogen (secondary N) is 1. The van der Waals surface area contributed by atoms with Gasteiger partial charge in [0.25, 0.3) is 0 Å². The third-order valence-electron chi connectivity index (χ3n) is 4.12. The van der Waals surface area contributed by atoms with Crippen LogP contribution in [0.1, 0.15) is 5.56 Å². The zero-order valence-corrected chi connectivity index (χ0v) is 13.8. The molecule has 0 aliphatic carbocycles. The van der Waals surface area contributed by atoms with Crippen LogP contribution in [0.5, 0.6) is 0 Å². The van der Waals surface area contributed by atoms with E-state index < -0.39 is 0 Å². The zero-order valence-electron chi connectivity index (χ0n) is 13.8. The Bertz CT molecular complexity index is 1010. The molecule has 0 aliphatic heterocycles. The first-order valence-corrected chi connectivity index (χ1v) is 8.33. The molecule has 1 N–H and O–H groups in total. The van der Waals surface area contributed by atoms with Crippen molar-refractivity contribution in [3.8, 4) is 0 Å². The molecule has 0 aliphatic rings. The van der Waals surface area contributed by atoms with Gasteiger partial charge in [0.2, 0.25) is 0 Å². The summed E-state index contributed by atoms with van der Waals surface area (Å²) in [6.45, 7) is 0. The van der Waals surface area contributed by atoms with E-state index in [1.165, 1.54) is 10.8 Å². The lowest BCUT2D eigenvalue weighted by Crippen LogP contribution is -1.96. The number of nitrogens with zero attached hydrogens (tertiary/aromatic N) is 1. The number of hydrogen-bond donors (Lipinski definition) is 1. The SMILES string of the molecule is C(=N\c1ccccc1)/c1c(Nc2ccccc2)ccc2ccccc12. The van der Waals surface area contributed by atoms with Crippen LogP contribution in [0.2, 0.25) is 0 Å². The highest BCUT2D eigenvalue weighted by atomic mass is 14.9. The minimum Gasteiger partial charge on any atom is -0.355 e. The van der Waals surface area contributed by atoms with E-state index in [1.807, 2.05) is 54.7 Å². The molecular weight excluding hydrogens is 304 g/mol. The first-order valence-electron chi connectivity index (χ1n) is 8.33. The highest BCUT2D eigenvalue weighted by Crippen LogP contribution is 2.28. The average Bonchev–Trinajstić information content (AvgIpc) is 2.68. The van der Waals surface area contributed by atoms with Gasteiger partial charge in [-0.05, 0) is 41.1 Å². The smallest absolute Gasteiger partial charge is 0.0629 e. The van der Waals surface area contributed by atoms with Gasteiger partial charge in [-0.15, -0.1) is 0 Å². The monoisotopic (exact) mass is 322 g/mol. The minimum absolute atomic E-state index is 0.945. The van der Waals surface area contributed by atoms with Crippen LogP contribution in [0.25, 0.3) is 10.8 Å². The second-order valence-electron chi connectivity index (χ2n) is 5.83. The molecule has 2 nitrogen and oxygen atoms in total. The average molecular weight is 322 g/mol. The predicted octanol–water partition coefficient (Wildman–Crippen LogP) is 6.33. The van der Waals surface area contributed by atoms with Crippen molar-refractivity contribution < 1.29 is 0 Å². The van der Waals surface area contributed by atoms with Crippen LogP contribution >= 0.6 is 0 Å². The Balaban J connectivity index is 1.81. The Labute approximate surface area is 147 Å². The molecule has 4 aromatic rings. The molecule has 0 bridgehead atoms. The fourth-order valence-corrected chi connectivity index (χ4v) is 2.87. The number of para-hydroxylation sites is 2. The molecule has 25 heavy (non-hydrogen) atoms. The van der Waals surface area contributed by atoms with E-state index in [2.05, 4.69) is 58.8 Å². The van der Waals surface area contributed by atoms with E-state index in [0.717, 1.165) is 22.6 Å². The first-order chi connectivity index (χ1) is 12.4. The maximum Gasteiger partial charge on any atom is 0.0629 e. The second-order valence-corrected chi connectivity index (χ2v) is 5.83.